The number of nitrogen functional groups attached to an aromatic ring is 1. The molecule has 2 heterocycles. The number of hydrogen-bond acceptors (Lipinski definition) is 4. The highest BCUT2D eigenvalue weighted by molar-refractivity contribution is 5.84. The van der Waals surface area contributed by atoms with Gasteiger partial charge in [-0.25, -0.2) is 0 Å². The number of nitrogens with two attached hydrogens (primary N) is 1. The standard InChI is InChI=1S/C11H10N4O/c1-6-8-3-2-7(4-10(8)16-15-6)9-5-11(12)14-13-9/h2-5H,1H3,(H3,12,13,14). The molecular formula is C11H10N4O. The van der Waals surface area contributed by atoms with Gasteiger partial charge >= 0.3 is 0 Å². The lowest BCUT2D eigenvalue weighted by Gasteiger charge is -1.95. The molecule has 2 aromatic heterocycles. The highest BCUT2D eigenvalue weighted by Crippen LogP contribution is 2.25. The lowest BCUT2D eigenvalue weighted by atomic mass is 10.1. The molecule has 0 bridgehead atoms. The Hall–Kier alpha value is -2.30. The molecule has 0 spiro atoms. The fourth-order valence-electron chi connectivity index (χ4n) is 1.72. The van der Waals surface area contributed by atoms with Crippen molar-refractivity contribution in [2.45, 2.75) is 6.92 Å². The minimum atomic E-state index is 0.476. The van der Waals surface area contributed by atoms with E-state index in [-0.39, 0.29) is 0 Å². The van der Waals surface area contributed by atoms with E-state index in [2.05, 4.69) is 15.4 Å². The minimum Gasteiger partial charge on any atom is -0.382 e. The van der Waals surface area contributed by atoms with Gasteiger partial charge in [0, 0.05) is 17.0 Å². The number of anilines is 1. The van der Waals surface area contributed by atoms with Gasteiger partial charge < -0.3 is 10.3 Å². The van der Waals surface area contributed by atoms with E-state index in [9.17, 15) is 0 Å². The van der Waals surface area contributed by atoms with Crippen molar-refractivity contribution < 1.29 is 4.52 Å². The molecule has 5 heteroatoms. The first-order chi connectivity index (χ1) is 7.74. The molecule has 3 aromatic rings. The first-order valence-electron chi connectivity index (χ1n) is 4.91. The molecule has 0 radical (unpaired) electrons. The van der Waals surface area contributed by atoms with Gasteiger partial charge in [0.15, 0.2) is 5.58 Å². The molecule has 0 aliphatic heterocycles. The van der Waals surface area contributed by atoms with E-state index in [0.29, 0.717) is 5.82 Å². The molecule has 0 aliphatic carbocycles. The number of aryl methyl sites for hydroxylation is 1. The number of nitrogens with one attached hydrogen (secondary N) is 1. The maximum absolute atomic E-state index is 5.55. The van der Waals surface area contributed by atoms with Crippen molar-refractivity contribution in [3.05, 3.63) is 30.0 Å². The van der Waals surface area contributed by atoms with Gasteiger partial charge in [-0.05, 0) is 19.1 Å². The molecule has 3 rings (SSSR count). The summed E-state index contributed by atoms with van der Waals surface area (Å²) >= 11 is 0. The maximum atomic E-state index is 5.55. The van der Waals surface area contributed by atoms with Gasteiger partial charge in [0.25, 0.3) is 0 Å². The number of H-pyrrole nitrogens is 1. The summed E-state index contributed by atoms with van der Waals surface area (Å²) in [6.07, 6.45) is 0. The molecule has 16 heavy (non-hydrogen) atoms. The molecule has 0 aliphatic rings. The summed E-state index contributed by atoms with van der Waals surface area (Å²) in [6.45, 7) is 1.92. The summed E-state index contributed by atoms with van der Waals surface area (Å²) < 4.78 is 5.20. The Labute approximate surface area is 91.2 Å². The van der Waals surface area contributed by atoms with Crippen LogP contribution in [0.15, 0.2) is 28.8 Å². The topological polar surface area (TPSA) is 80.7 Å². The van der Waals surface area contributed by atoms with Gasteiger partial charge in [-0.15, -0.1) is 0 Å². The van der Waals surface area contributed by atoms with Gasteiger partial charge in [-0.1, -0.05) is 11.2 Å². The second kappa shape index (κ2) is 3.10. The second-order valence-corrected chi connectivity index (χ2v) is 3.69. The third kappa shape index (κ3) is 1.25. The van der Waals surface area contributed by atoms with Crippen molar-refractivity contribution in [1.82, 2.24) is 15.4 Å². The molecule has 1 aromatic carbocycles. The lowest BCUT2D eigenvalue weighted by molar-refractivity contribution is 0.450. The van der Waals surface area contributed by atoms with Crippen LogP contribution in [-0.2, 0) is 0 Å². The molecular weight excluding hydrogens is 204 g/mol. The predicted octanol–water partition coefficient (Wildman–Crippen LogP) is 2.11. The summed E-state index contributed by atoms with van der Waals surface area (Å²) in [4.78, 5) is 0. The zero-order chi connectivity index (χ0) is 11.1. The number of nitrogens with zero attached hydrogens (tertiary/aromatic N) is 2. The third-order valence-corrected chi connectivity index (χ3v) is 2.56. The monoisotopic (exact) mass is 214 g/mol. The average Bonchev–Trinajstić information content (AvgIpc) is 2.86. The zero-order valence-electron chi connectivity index (χ0n) is 8.69. The molecule has 3 N–H and O–H groups in total. The number of fused-ring (bicyclic) bond motifs is 1. The van der Waals surface area contributed by atoms with E-state index in [4.69, 9.17) is 10.3 Å². The molecule has 0 saturated carbocycles. The van der Waals surface area contributed by atoms with Crippen LogP contribution in [-0.4, -0.2) is 15.4 Å². The Kier molecular flexibility index (Phi) is 1.73. The van der Waals surface area contributed by atoms with E-state index in [0.717, 1.165) is 27.9 Å². The van der Waals surface area contributed by atoms with E-state index in [1.165, 1.54) is 0 Å². The number of aromatic nitrogens is 3. The number of rotatable bonds is 1. The second-order valence-electron chi connectivity index (χ2n) is 3.69. The summed E-state index contributed by atoms with van der Waals surface area (Å²) in [5, 5.41) is 11.7. The van der Waals surface area contributed by atoms with Crippen molar-refractivity contribution in [1.29, 1.82) is 0 Å². The third-order valence-electron chi connectivity index (χ3n) is 2.56. The van der Waals surface area contributed by atoms with Crippen LogP contribution in [0.3, 0.4) is 0 Å². The van der Waals surface area contributed by atoms with Crippen LogP contribution in [0.2, 0.25) is 0 Å². The fraction of sp³-hybridized carbons (Fsp3) is 0.0909. The highest BCUT2D eigenvalue weighted by atomic mass is 16.5. The van der Waals surface area contributed by atoms with Crippen LogP contribution in [0.25, 0.3) is 22.2 Å². The van der Waals surface area contributed by atoms with Crippen molar-refractivity contribution in [2.75, 3.05) is 5.73 Å². The lowest BCUT2D eigenvalue weighted by Crippen LogP contribution is -1.81. The normalized spacial score (nSPS) is 11.1. The van der Waals surface area contributed by atoms with Crippen LogP contribution >= 0.6 is 0 Å². The zero-order valence-corrected chi connectivity index (χ0v) is 8.69. The first-order valence-corrected chi connectivity index (χ1v) is 4.91. The van der Waals surface area contributed by atoms with Gasteiger partial charge in [-0.2, -0.15) is 5.10 Å². The molecule has 80 valence electrons. The van der Waals surface area contributed by atoms with Crippen LogP contribution in [0.5, 0.6) is 0 Å². The van der Waals surface area contributed by atoms with E-state index < -0.39 is 0 Å². The van der Waals surface area contributed by atoms with Crippen LogP contribution < -0.4 is 5.73 Å². The van der Waals surface area contributed by atoms with Gasteiger partial charge in [0.05, 0.1) is 11.4 Å². The van der Waals surface area contributed by atoms with E-state index >= 15 is 0 Å². The van der Waals surface area contributed by atoms with Gasteiger partial charge in [0.2, 0.25) is 0 Å². The van der Waals surface area contributed by atoms with E-state index in [1.54, 1.807) is 6.07 Å². The molecule has 5 nitrogen and oxygen atoms in total. The number of aromatic amines is 1. The fourth-order valence-corrected chi connectivity index (χ4v) is 1.72. The van der Waals surface area contributed by atoms with Crippen molar-refractivity contribution in [3.63, 3.8) is 0 Å². The molecule has 0 fully saturated rings. The van der Waals surface area contributed by atoms with Crippen molar-refractivity contribution in [3.8, 4) is 11.3 Å². The maximum Gasteiger partial charge on any atom is 0.167 e. The largest absolute Gasteiger partial charge is 0.382 e. The van der Waals surface area contributed by atoms with Gasteiger partial charge in [-0.3, -0.25) is 5.10 Å². The van der Waals surface area contributed by atoms with Crippen molar-refractivity contribution >= 4 is 16.8 Å². The van der Waals surface area contributed by atoms with Crippen LogP contribution in [0, 0.1) is 6.92 Å². The van der Waals surface area contributed by atoms with Crippen molar-refractivity contribution in [2.24, 2.45) is 0 Å². The van der Waals surface area contributed by atoms with Crippen LogP contribution in [0.4, 0.5) is 5.82 Å². The smallest absolute Gasteiger partial charge is 0.167 e. The molecule has 0 saturated heterocycles. The summed E-state index contributed by atoms with van der Waals surface area (Å²) in [5.74, 6) is 0.476. The Morgan fingerprint density at radius 3 is 2.94 bits per heavy atom. The molecule has 0 atom stereocenters. The molecule has 0 amide bonds. The summed E-state index contributed by atoms with van der Waals surface area (Å²) in [5.41, 5.74) is 9.06. The highest BCUT2D eigenvalue weighted by Gasteiger charge is 2.07. The Bertz CT molecular complexity index is 653. The SMILES string of the molecule is Cc1noc2cc(-c3cc(N)n[nH]3)ccc12. The Morgan fingerprint density at radius 1 is 1.31 bits per heavy atom. The van der Waals surface area contributed by atoms with Gasteiger partial charge in [0.1, 0.15) is 5.82 Å². The Morgan fingerprint density at radius 2 is 2.19 bits per heavy atom. The predicted molar refractivity (Wildman–Crippen MR) is 60.7 cm³/mol. The number of benzene rings is 1. The molecule has 0 unspecified atom stereocenters. The first kappa shape index (κ1) is 8.96. The minimum absolute atomic E-state index is 0.476. The number of hydrogen-bond donors (Lipinski definition) is 2. The quantitative estimate of drug-likeness (QED) is 0.650. The Balaban J connectivity index is 2.18. The summed E-state index contributed by atoms with van der Waals surface area (Å²) in [7, 11) is 0. The van der Waals surface area contributed by atoms with Crippen LogP contribution in [0.1, 0.15) is 5.69 Å². The van der Waals surface area contributed by atoms with E-state index in [1.807, 2.05) is 25.1 Å². The summed E-state index contributed by atoms with van der Waals surface area (Å²) in [6, 6.07) is 7.67. The average molecular weight is 214 g/mol.